The van der Waals surface area contributed by atoms with E-state index in [0.29, 0.717) is 19.5 Å². The highest BCUT2D eigenvalue weighted by Gasteiger charge is 2.33. The largest absolute Gasteiger partial charge is 0.316 e. The van der Waals surface area contributed by atoms with Gasteiger partial charge in [-0.25, -0.2) is 30.7 Å². The Kier molecular flexibility index (Phi) is 4.54. The van der Waals surface area contributed by atoms with E-state index in [0.717, 1.165) is 0 Å². The van der Waals surface area contributed by atoms with E-state index in [1.807, 2.05) is 0 Å². The SMILES string of the molecule is CC1CNCCC1NS(=O)(=O)c1c(F)c(F)cc(F)c1F. The molecule has 1 aromatic rings. The maximum atomic E-state index is 13.6. The number of benzene rings is 1. The quantitative estimate of drug-likeness (QED) is 0.654. The molecule has 0 saturated carbocycles. The van der Waals surface area contributed by atoms with Crippen molar-refractivity contribution >= 4 is 10.0 Å². The fraction of sp³-hybridized carbons (Fsp3) is 0.500. The summed E-state index contributed by atoms with van der Waals surface area (Å²) in [6.07, 6.45) is 0.404. The molecule has 2 N–H and O–H groups in total. The first kappa shape index (κ1) is 16.2. The Morgan fingerprint density at radius 1 is 1.19 bits per heavy atom. The van der Waals surface area contributed by atoms with Crippen LogP contribution in [0.5, 0.6) is 0 Å². The average molecular weight is 326 g/mol. The molecule has 0 bridgehead atoms. The summed E-state index contributed by atoms with van der Waals surface area (Å²) in [7, 11) is -4.71. The van der Waals surface area contributed by atoms with Crippen LogP contribution in [0.3, 0.4) is 0 Å². The predicted octanol–water partition coefficient (Wildman–Crippen LogP) is 1.52. The highest BCUT2D eigenvalue weighted by atomic mass is 32.2. The lowest BCUT2D eigenvalue weighted by Crippen LogP contribution is -2.48. The molecular formula is C12H14F4N2O2S. The van der Waals surface area contributed by atoms with Gasteiger partial charge in [-0.2, -0.15) is 0 Å². The zero-order valence-electron chi connectivity index (χ0n) is 11.1. The number of halogens is 4. The van der Waals surface area contributed by atoms with Crippen LogP contribution in [0.15, 0.2) is 11.0 Å². The maximum Gasteiger partial charge on any atom is 0.246 e. The van der Waals surface area contributed by atoms with Gasteiger partial charge in [0.05, 0.1) is 0 Å². The van der Waals surface area contributed by atoms with E-state index >= 15 is 0 Å². The minimum atomic E-state index is -4.71. The van der Waals surface area contributed by atoms with Gasteiger partial charge in [-0.15, -0.1) is 0 Å². The normalized spacial score (nSPS) is 23.3. The molecule has 2 rings (SSSR count). The fourth-order valence-electron chi connectivity index (χ4n) is 2.23. The summed E-state index contributed by atoms with van der Waals surface area (Å²) < 4.78 is 79.6. The first-order valence-electron chi connectivity index (χ1n) is 6.30. The molecule has 0 spiro atoms. The molecule has 0 aliphatic carbocycles. The molecule has 0 amide bonds. The number of rotatable bonds is 3. The van der Waals surface area contributed by atoms with Crippen molar-refractivity contribution in [1.29, 1.82) is 0 Å². The Morgan fingerprint density at radius 2 is 1.76 bits per heavy atom. The van der Waals surface area contributed by atoms with Gasteiger partial charge in [0.25, 0.3) is 0 Å². The van der Waals surface area contributed by atoms with E-state index in [9.17, 15) is 26.0 Å². The molecule has 9 heteroatoms. The van der Waals surface area contributed by atoms with Gasteiger partial charge in [0.1, 0.15) is 0 Å². The molecule has 1 aromatic carbocycles. The monoisotopic (exact) mass is 326 g/mol. The second kappa shape index (κ2) is 5.90. The number of hydrogen-bond acceptors (Lipinski definition) is 3. The van der Waals surface area contributed by atoms with E-state index in [4.69, 9.17) is 0 Å². The van der Waals surface area contributed by atoms with Gasteiger partial charge >= 0.3 is 0 Å². The zero-order chi connectivity index (χ0) is 15.8. The summed E-state index contributed by atoms with van der Waals surface area (Å²) >= 11 is 0. The van der Waals surface area contributed by atoms with E-state index in [1.54, 1.807) is 6.92 Å². The fourth-order valence-corrected chi connectivity index (χ4v) is 3.77. The maximum absolute atomic E-state index is 13.6. The predicted molar refractivity (Wildman–Crippen MR) is 67.0 cm³/mol. The van der Waals surface area contributed by atoms with Crippen molar-refractivity contribution in [1.82, 2.24) is 10.0 Å². The van der Waals surface area contributed by atoms with Crippen LogP contribution in [0.4, 0.5) is 17.6 Å². The van der Waals surface area contributed by atoms with Crippen LogP contribution in [-0.4, -0.2) is 27.5 Å². The standard InChI is InChI=1S/C12H14F4N2O2S/c1-6-5-17-3-2-9(6)18-21(19,20)12-10(15)7(13)4-8(14)11(12)16/h4,6,9,17-18H,2-3,5H2,1H3. The molecule has 0 radical (unpaired) electrons. The molecule has 1 aliphatic rings. The van der Waals surface area contributed by atoms with Crippen LogP contribution >= 0.6 is 0 Å². The van der Waals surface area contributed by atoms with E-state index in [2.05, 4.69) is 10.0 Å². The lowest BCUT2D eigenvalue weighted by atomic mass is 9.97. The second-order valence-corrected chi connectivity index (χ2v) is 6.65. The summed E-state index contributed by atoms with van der Waals surface area (Å²) in [5, 5.41) is 3.03. The topological polar surface area (TPSA) is 58.2 Å². The Hall–Kier alpha value is -1.19. The van der Waals surface area contributed by atoms with Gasteiger partial charge in [-0.1, -0.05) is 6.92 Å². The van der Waals surface area contributed by atoms with Crippen molar-refractivity contribution in [3.8, 4) is 0 Å². The first-order chi connectivity index (χ1) is 9.74. The lowest BCUT2D eigenvalue weighted by Gasteiger charge is -2.30. The highest BCUT2D eigenvalue weighted by molar-refractivity contribution is 7.89. The third kappa shape index (κ3) is 3.19. The Morgan fingerprint density at radius 3 is 2.29 bits per heavy atom. The summed E-state index contributed by atoms with van der Waals surface area (Å²) in [5.41, 5.74) is 0. The molecule has 1 fully saturated rings. The molecule has 4 nitrogen and oxygen atoms in total. The molecule has 0 aromatic heterocycles. The molecule has 1 aliphatic heterocycles. The van der Waals surface area contributed by atoms with E-state index in [-0.39, 0.29) is 12.0 Å². The minimum Gasteiger partial charge on any atom is -0.316 e. The van der Waals surface area contributed by atoms with Gasteiger partial charge in [0.2, 0.25) is 10.0 Å². The third-order valence-corrected chi connectivity index (χ3v) is 4.94. The van der Waals surface area contributed by atoms with Crippen LogP contribution in [-0.2, 0) is 10.0 Å². The first-order valence-corrected chi connectivity index (χ1v) is 7.78. The van der Waals surface area contributed by atoms with Gasteiger partial charge in [0, 0.05) is 12.1 Å². The van der Waals surface area contributed by atoms with Crippen LogP contribution in [0.1, 0.15) is 13.3 Å². The van der Waals surface area contributed by atoms with Crippen molar-refractivity contribution in [3.05, 3.63) is 29.3 Å². The zero-order valence-corrected chi connectivity index (χ0v) is 11.9. The number of piperidine rings is 1. The Labute approximate surface area is 119 Å². The van der Waals surface area contributed by atoms with Gasteiger partial charge in [-0.05, 0) is 25.4 Å². The lowest BCUT2D eigenvalue weighted by molar-refractivity contribution is 0.326. The number of hydrogen-bond donors (Lipinski definition) is 2. The van der Waals surface area contributed by atoms with Crippen molar-refractivity contribution in [2.75, 3.05) is 13.1 Å². The van der Waals surface area contributed by atoms with Crippen molar-refractivity contribution in [2.45, 2.75) is 24.3 Å². The minimum absolute atomic E-state index is 0.0309. The van der Waals surface area contributed by atoms with Crippen LogP contribution in [0.2, 0.25) is 0 Å². The summed E-state index contributed by atoms with van der Waals surface area (Å²) in [5.74, 6) is -7.50. The van der Waals surface area contributed by atoms with Crippen molar-refractivity contribution < 1.29 is 26.0 Å². The smallest absolute Gasteiger partial charge is 0.246 e. The number of sulfonamides is 1. The second-order valence-electron chi connectivity index (χ2n) is 5.00. The van der Waals surface area contributed by atoms with Crippen molar-refractivity contribution in [3.63, 3.8) is 0 Å². The molecular weight excluding hydrogens is 312 g/mol. The van der Waals surface area contributed by atoms with Gasteiger partial charge in [-0.3, -0.25) is 0 Å². The molecule has 1 heterocycles. The Bertz CT molecular complexity index is 625. The molecule has 118 valence electrons. The van der Waals surface area contributed by atoms with Crippen LogP contribution < -0.4 is 10.0 Å². The molecule has 2 unspecified atom stereocenters. The molecule has 1 saturated heterocycles. The van der Waals surface area contributed by atoms with Crippen molar-refractivity contribution in [2.24, 2.45) is 5.92 Å². The van der Waals surface area contributed by atoms with Gasteiger partial charge < -0.3 is 5.32 Å². The van der Waals surface area contributed by atoms with E-state index in [1.165, 1.54) is 0 Å². The van der Waals surface area contributed by atoms with Gasteiger partial charge in [0.15, 0.2) is 28.2 Å². The summed E-state index contributed by atoms with van der Waals surface area (Å²) in [6.45, 7) is 2.80. The number of nitrogens with one attached hydrogen (secondary N) is 2. The third-order valence-electron chi connectivity index (χ3n) is 3.43. The van der Waals surface area contributed by atoms with E-state index < -0.39 is 44.2 Å². The summed E-state index contributed by atoms with van der Waals surface area (Å²) in [4.78, 5) is -1.62. The van der Waals surface area contributed by atoms with Crippen LogP contribution in [0.25, 0.3) is 0 Å². The Balaban J connectivity index is 2.40. The molecule has 2 atom stereocenters. The van der Waals surface area contributed by atoms with Crippen LogP contribution in [0, 0.1) is 29.2 Å². The summed E-state index contributed by atoms with van der Waals surface area (Å²) in [6, 6.07) is -0.599. The average Bonchev–Trinajstić information content (AvgIpc) is 2.39. The molecule has 21 heavy (non-hydrogen) atoms. The highest BCUT2D eigenvalue weighted by Crippen LogP contribution is 2.25.